The molecular formula is C15H22N2O3. The van der Waals surface area contributed by atoms with E-state index in [0.717, 1.165) is 30.6 Å². The molecule has 0 saturated heterocycles. The zero-order valence-electron chi connectivity index (χ0n) is 12.1. The van der Waals surface area contributed by atoms with E-state index in [1.54, 1.807) is 14.2 Å². The van der Waals surface area contributed by atoms with E-state index in [1.165, 1.54) is 5.56 Å². The molecule has 0 aromatic heterocycles. The lowest BCUT2D eigenvalue weighted by Gasteiger charge is -2.21. The molecule has 0 aliphatic carbocycles. The summed E-state index contributed by atoms with van der Waals surface area (Å²) in [6.07, 6.45) is 0.773. The summed E-state index contributed by atoms with van der Waals surface area (Å²) in [5.74, 6) is -0.0399. The van der Waals surface area contributed by atoms with E-state index < -0.39 is 0 Å². The first kappa shape index (κ1) is 15.0. The third kappa shape index (κ3) is 3.56. The summed E-state index contributed by atoms with van der Waals surface area (Å²) in [7, 11) is 3.24. The lowest BCUT2D eigenvalue weighted by molar-refractivity contribution is 0.0285. The first-order chi connectivity index (χ1) is 9.76. The number of rotatable bonds is 6. The smallest absolute Gasteiger partial charge is 0.251 e. The summed E-state index contributed by atoms with van der Waals surface area (Å²) in [6.45, 7) is 2.67. The summed E-state index contributed by atoms with van der Waals surface area (Å²) >= 11 is 0. The average molecular weight is 278 g/mol. The van der Waals surface area contributed by atoms with E-state index in [4.69, 9.17) is 9.47 Å². The minimum atomic E-state index is -0.120. The summed E-state index contributed by atoms with van der Waals surface area (Å²) in [4.78, 5) is 12.3. The van der Waals surface area contributed by atoms with Crippen LogP contribution in [0.4, 0.5) is 0 Å². The molecule has 1 aromatic carbocycles. The van der Waals surface area contributed by atoms with Gasteiger partial charge in [-0.3, -0.25) is 4.79 Å². The molecule has 110 valence electrons. The van der Waals surface area contributed by atoms with Crippen LogP contribution < -0.4 is 10.6 Å². The van der Waals surface area contributed by atoms with Crippen molar-refractivity contribution < 1.29 is 14.3 Å². The van der Waals surface area contributed by atoms with Gasteiger partial charge in [-0.15, -0.1) is 0 Å². The van der Waals surface area contributed by atoms with E-state index >= 15 is 0 Å². The molecule has 1 aliphatic heterocycles. The fourth-order valence-corrected chi connectivity index (χ4v) is 2.44. The van der Waals surface area contributed by atoms with Gasteiger partial charge in [0.1, 0.15) is 0 Å². The first-order valence-corrected chi connectivity index (χ1v) is 6.87. The molecule has 1 heterocycles. The van der Waals surface area contributed by atoms with Crippen molar-refractivity contribution in [3.63, 3.8) is 0 Å². The highest BCUT2D eigenvalue weighted by Crippen LogP contribution is 2.18. The highest BCUT2D eigenvalue weighted by Gasteiger charge is 2.18. The standard InChI is InChI=1S/C15H22N2O3/c1-19-10-12(20-2)9-17-15(18)14-5-3-4-11-8-16-7-6-13(11)14/h3-5,12,16H,6-10H2,1-2H3,(H,17,18). The maximum absolute atomic E-state index is 12.3. The lowest BCUT2D eigenvalue weighted by atomic mass is 9.95. The predicted molar refractivity (Wildman–Crippen MR) is 76.9 cm³/mol. The molecule has 1 atom stereocenters. The van der Waals surface area contributed by atoms with Gasteiger partial charge in [0.15, 0.2) is 0 Å². The molecule has 0 saturated carbocycles. The van der Waals surface area contributed by atoms with Gasteiger partial charge >= 0.3 is 0 Å². The molecule has 1 aliphatic rings. The molecule has 2 N–H and O–H groups in total. The monoisotopic (exact) mass is 278 g/mol. The topological polar surface area (TPSA) is 59.6 Å². The Bertz CT molecular complexity index is 462. The van der Waals surface area contributed by atoms with Gasteiger partial charge in [0, 0.05) is 32.9 Å². The zero-order chi connectivity index (χ0) is 14.4. The van der Waals surface area contributed by atoms with Crippen LogP contribution in [0.15, 0.2) is 18.2 Å². The zero-order valence-corrected chi connectivity index (χ0v) is 12.1. The number of nitrogens with one attached hydrogen (secondary N) is 2. The number of carbonyl (C=O) groups excluding carboxylic acids is 1. The van der Waals surface area contributed by atoms with Crippen LogP contribution in [0.2, 0.25) is 0 Å². The van der Waals surface area contributed by atoms with E-state index in [-0.39, 0.29) is 12.0 Å². The van der Waals surface area contributed by atoms with Gasteiger partial charge in [-0.05, 0) is 30.2 Å². The van der Waals surface area contributed by atoms with Crippen LogP contribution in [0.5, 0.6) is 0 Å². The molecule has 1 unspecified atom stereocenters. The molecule has 5 heteroatoms. The van der Waals surface area contributed by atoms with Gasteiger partial charge < -0.3 is 20.1 Å². The second-order valence-corrected chi connectivity index (χ2v) is 4.89. The third-order valence-corrected chi connectivity index (χ3v) is 3.56. The van der Waals surface area contributed by atoms with Gasteiger partial charge in [0.25, 0.3) is 5.91 Å². The molecule has 0 spiro atoms. The Hall–Kier alpha value is -1.43. The van der Waals surface area contributed by atoms with Crippen molar-refractivity contribution in [2.75, 3.05) is 33.9 Å². The van der Waals surface area contributed by atoms with Gasteiger partial charge in [0.05, 0.1) is 12.7 Å². The van der Waals surface area contributed by atoms with E-state index in [0.29, 0.717) is 13.2 Å². The predicted octanol–water partition coefficient (Wildman–Crippen LogP) is 0.723. The number of hydrogen-bond acceptors (Lipinski definition) is 4. The molecule has 0 radical (unpaired) electrons. The first-order valence-electron chi connectivity index (χ1n) is 6.87. The van der Waals surface area contributed by atoms with Crippen molar-refractivity contribution in [1.82, 2.24) is 10.6 Å². The quantitative estimate of drug-likeness (QED) is 0.805. The van der Waals surface area contributed by atoms with Gasteiger partial charge in [-0.2, -0.15) is 0 Å². The number of benzene rings is 1. The Morgan fingerprint density at radius 2 is 2.30 bits per heavy atom. The van der Waals surface area contributed by atoms with Crippen LogP contribution in [-0.2, 0) is 22.4 Å². The highest BCUT2D eigenvalue weighted by atomic mass is 16.5. The largest absolute Gasteiger partial charge is 0.382 e. The second-order valence-electron chi connectivity index (χ2n) is 4.89. The second kappa shape index (κ2) is 7.38. The fourth-order valence-electron chi connectivity index (χ4n) is 2.44. The van der Waals surface area contributed by atoms with Gasteiger partial charge in [-0.25, -0.2) is 0 Å². The minimum Gasteiger partial charge on any atom is -0.382 e. The number of hydrogen-bond donors (Lipinski definition) is 2. The Balaban J connectivity index is 2.02. The molecule has 0 bridgehead atoms. The van der Waals surface area contributed by atoms with Crippen molar-refractivity contribution >= 4 is 5.91 Å². The van der Waals surface area contributed by atoms with E-state index in [2.05, 4.69) is 16.7 Å². The summed E-state index contributed by atoms with van der Waals surface area (Å²) in [5, 5.41) is 6.24. The van der Waals surface area contributed by atoms with Crippen LogP contribution in [0.25, 0.3) is 0 Å². The van der Waals surface area contributed by atoms with Crippen LogP contribution in [-0.4, -0.2) is 45.9 Å². The average Bonchev–Trinajstić information content (AvgIpc) is 2.50. The Kier molecular flexibility index (Phi) is 5.52. The molecule has 20 heavy (non-hydrogen) atoms. The number of ether oxygens (including phenoxy) is 2. The van der Waals surface area contributed by atoms with Crippen LogP contribution in [0, 0.1) is 0 Å². The molecule has 5 nitrogen and oxygen atoms in total. The normalized spacial score (nSPS) is 15.5. The summed E-state index contributed by atoms with van der Waals surface area (Å²) in [6, 6.07) is 5.89. The lowest BCUT2D eigenvalue weighted by Crippen LogP contribution is -2.36. The number of carbonyl (C=O) groups is 1. The number of methoxy groups -OCH3 is 2. The Labute approximate surface area is 119 Å². The maximum Gasteiger partial charge on any atom is 0.251 e. The SMILES string of the molecule is COCC(CNC(=O)c1cccc2c1CCNC2)OC. The Morgan fingerprint density at radius 1 is 1.45 bits per heavy atom. The van der Waals surface area contributed by atoms with Gasteiger partial charge in [-0.1, -0.05) is 12.1 Å². The molecule has 2 rings (SSSR count). The summed E-state index contributed by atoms with van der Waals surface area (Å²) < 4.78 is 10.3. The van der Waals surface area contributed by atoms with Crippen molar-refractivity contribution in [2.24, 2.45) is 0 Å². The molecule has 1 amide bonds. The van der Waals surface area contributed by atoms with Crippen LogP contribution in [0.3, 0.4) is 0 Å². The van der Waals surface area contributed by atoms with Crippen molar-refractivity contribution in [3.05, 3.63) is 34.9 Å². The molecule has 1 aromatic rings. The van der Waals surface area contributed by atoms with Gasteiger partial charge in [0.2, 0.25) is 0 Å². The molecular weight excluding hydrogens is 256 g/mol. The Morgan fingerprint density at radius 3 is 3.05 bits per heavy atom. The van der Waals surface area contributed by atoms with E-state index in [1.807, 2.05) is 12.1 Å². The maximum atomic E-state index is 12.3. The third-order valence-electron chi connectivity index (χ3n) is 3.56. The minimum absolute atomic E-state index is 0.0399. The van der Waals surface area contributed by atoms with Crippen molar-refractivity contribution in [3.8, 4) is 0 Å². The van der Waals surface area contributed by atoms with Crippen LogP contribution >= 0.6 is 0 Å². The van der Waals surface area contributed by atoms with E-state index in [9.17, 15) is 4.79 Å². The number of fused-ring (bicyclic) bond motifs is 1. The molecule has 0 fully saturated rings. The van der Waals surface area contributed by atoms with Crippen molar-refractivity contribution in [1.29, 1.82) is 0 Å². The highest BCUT2D eigenvalue weighted by molar-refractivity contribution is 5.96. The summed E-state index contributed by atoms with van der Waals surface area (Å²) in [5.41, 5.74) is 3.14. The fraction of sp³-hybridized carbons (Fsp3) is 0.533. The van der Waals surface area contributed by atoms with Crippen molar-refractivity contribution in [2.45, 2.75) is 19.1 Å². The van der Waals surface area contributed by atoms with Crippen LogP contribution in [0.1, 0.15) is 21.5 Å². The number of amides is 1.